The lowest BCUT2D eigenvalue weighted by Gasteiger charge is -2.21. The number of nitrogens with two attached hydrogens (primary N) is 1. The van der Waals surface area contributed by atoms with Gasteiger partial charge in [-0.3, -0.25) is 0 Å². The molecule has 25 heavy (non-hydrogen) atoms. The fraction of sp³-hybridized carbons (Fsp3) is 0.211. The van der Waals surface area contributed by atoms with E-state index in [1.165, 1.54) is 0 Å². The molecule has 6 heteroatoms. The molecule has 0 aliphatic rings. The van der Waals surface area contributed by atoms with Crippen LogP contribution in [0.15, 0.2) is 48.7 Å². The number of rotatable bonds is 6. The van der Waals surface area contributed by atoms with Gasteiger partial charge in [0, 0.05) is 35.1 Å². The van der Waals surface area contributed by atoms with Gasteiger partial charge in [0.05, 0.1) is 14.2 Å². The van der Waals surface area contributed by atoms with Crippen molar-refractivity contribution < 1.29 is 14.3 Å². The van der Waals surface area contributed by atoms with Crippen LogP contribution < -0.4 is 20.5 Å². The minimum Gasteiger partial charge on any atom is -0.493 e. The Bertz CT molecular complexity index is 889. The third-order valence-corrected chi connectivity index (χ3v) is 4.29. The second-order valence-electron chi connectivity index (χ2n) is 5.67. The van der Waals surface area contributed by atoms with Gasteiger partial charge in [-0.1, -0.05) is 30.3 Å². The highest BCUT2D eigenvalue weighted by molar-refractivity contribution is 5.84. The van der Waals surface area contributed by atoms with Crippen LogP contribution in [0.3, 0.4) is 0 Å². The van der Waals surface area contributed by atoms with Crippen LogP contribution in [0.2, 0.25) is 0 Å². The highest BCUT2D eigenvalue weighted by atomic mass is 16.5. The van der Waals surface area contributed by atoms with E-state index in [9.17, 15) is 4.79 Å². The number of H-pyrrole nitrogens is 1. The Labute approximate surface area is 145 Å². The summed E-state index contributed by atoms with van der Waals surface area (Å²) in [4.78, 5) is 14.6. The van der Waals surface area contributed by atoms with Crippen LogP contribution in [0.1, 0.15) is 17.0 Å². The Morgan fingerprint density at radius 1 is 1.12 bits per heavy atom. The number of fused-ring (bicyclic) bond motifs is 1. The zero-order valence-electron chi connectivity index (χ0n) is 14.2. The monoisotopic (exact) mass is 339 g/mol. The molecule has 1 heterocycles. The van der Waals surface area contributed by atoms with Gasteiger partial charge in [0.1, 0.15) is 0 Å². The first kappa shape index (κ1) is 16.7. The van der Waals surface area contributed by atoms with Crippen molar-refractivity contribution in [2.24, 2.45) is 5.73 Å². The van der Waals surface area contributed by atoms with Gasteiger partial charge in [0.15, 0.2) is 11.5 Å². The third-order valence-electron chi connectivity index (χ3n) is 4.29. The zero-order valence-corrected chi connectivity index (χ0v) is 14.2. The van der Waals surface area contributed by atoms with Crippen LogP contribution in [-0.4, -0.2) is 31.8 Å². The van der Waals surface area contributed by atoms with E-state index < -0.39 is 6.03 Å². The molecule has 1 unspecified atom stereocenters. The number of para-hydroxylation sites is 2. The summed E-state index contributed by atoms with van der Waals surface area (Å²) >= 11 is 0. The van der Waals surface area contributed by atoms with Crippen LogP contribution in [-0.2, 0) is 0 Å². The molecule has 6 nitrogen and oxygen atoms in total. The van der Waals surface area contributed by atoms with Gasteiger partial charge < -0.3 is 25.5 Å². The van der Waals surface area contributed by atoms with E-state index in [2.05, 4.69) is 10.3 Å². The second kappa shape index (κ2) is 7.17. The predicted molar refractivity (Wildman–Crippen MR) is 97.3 cm³/mol. The molecule has 0 aliphatic carbocycles. The molecule has 130 valence electrons. The maximum atomic E-state index is 11.3. The Morgan fingerprint density at radius 3 is 2.64 bits per heavy atom. The number of primary amides is 1. The Kier molecular flexibility index (Phi) is 4.79. The standard InChI is InChI=1S/C19H21N3O3/c1-24-17-9-5-7-13(18(17)25-2)15(11-22-19(20)23)14-10-21-16-8-4-3-6-12(14)16/h3-10,15,21H,11H2,1-2H3,(H3,20,22,23). The van der Waals surface area contributed by atoms with E-state index in [-0.39, 0.29) is 5.92 Å². The van der Waals surface area contributed by atoms with Gasteiger partial charge >= 0.3 is 6.03 Å². The van der Waals surface area contributed by atoms with E-state index in [1.54, 1.807) is 14.2 Å². The summed E-state index contributed by atoms with van der Waals surface area (Å²) < 4.78 is 11.0. The molecule has 4 N–H and O–H groups in total. The topological polar surface area (TPSA) is 89.4 Å². The molecule has 1 atom stereocenters. The smallest absolute Gasteiger partial charge is 0.312 e. The van der Waals surface area contributed by atoms with Gasteiger partial charge in [0.25, 0.3) is 0 Å². The van der Waals surface area contributed by atoms with Gasteiger partial charge in [0.2, 0.25) is 0 Å². The van der Waals surface area contributed by atoms with E-state index >= 15 is 0 Å². The van der Waals surface area contributed by atoms with E-state index in [4.69, 9.17) is 15.2 Å². The lowest BCUT2D eigenvalue weighted by molar-refractivity contribution is 0.248. The normalized spacial score (nSPS) is 11.9. The lowest BCUT2D eigenvalue weighted by atomic mass is 9.90. The minimum atomic E-state index is -0.563. The van der Waals surface area contributed by atoms with Gasteiger partial charge in [-0.15, -0.1) is 0 Å². The minimum absolute atomic E-state index is 0.145. The number of hydrogen-bond donors (Lipinski definition) is 3. The summed E-state index contributed by atoms with van der Waals surface area (Å²) in [6.45, 7) is 0.348. The second-order valence-corrected chi connectivity index (χ2v) is 5.67. The number of benzene rings is 2. The van der Waals surface area contributed by atoms with E-state index in [0.29, 0.717) is 18.0 Å². The molecule has 0 radical (unpaired) electrons. The maximum Gasteiger partial charge on any atom is 0.312 e. The van der Waals surface area contributed by atoms with Crippen LogP contribution in [0.4, 0.5) is 4.79 Å². The molecule has 3 rings (SSSR count). The number of carbonyl (C=O) groups excluding carboxylic acids is 1. The number of hydrogen-bond acceptors (Lipinski definition) is 3. The molecule has 2 aromatic carbocycles. The number of amides is 2. The Balaban J connectivity index is 2.14. The largest absolute Gasteiger partial charge is 0.493 e. The molecule has 0 saturated heterocycles. The van der Waals surface area contributed by atoms with Crippen molar-refractivity contribution >= 4 is 16.9 Å². The number of aromatic amines is 1. The van der Waals surface area contributed by atoms with Crippen LogP contribution in [0.5, 0.6) is 11.5 Å². The Hall–Kier alpha value is -3.15. The first-order valence-corrected chi connectivity index (χ1v) is 7.96. The third kappa shape index (κ3) is 3.24. The van der Waals surface area contributed by atoms with Crippen LogP contribution >= 0.6 is 0 Å². The fourth-order valence-corrected chi connectivity index (χ4v) is 3.16. The van der Waals surface area contributed by atoms with E-state index in [0.717, 1.165) is 22.0 Å². The lowest BCUT2D eigenvalue weighted by Crippen LogP contribution is -2.33. The van der Waals surface area contributed by atoms with Crippen molar-refractivity contribution in [3.8, 4) is 11.5 Å². The molecule has 0 bridgehead atoms. The number of ether oxygens (including phenoxy) is 2. The quantitative estimate of drug-likeness (QED) is 0.645. The van der Waals surface area contributed by atoms with Gasteiger partial charge in [-0.05, 0) is 17.7 Å². The predicted octanol–water partition coefficient (Wildman–Crippen LogP) is 2.99. The van der Waals surface area contributed by atoms with Crippen molar-refractivity contribution in [2.75, 3.05) is 20.8 Å². The first-order valence-electron chi connectivity index (χ1n) is 7.96. The average Bonchev–Trinajstić information content (AvgIpc) is 3.05. The highest BCUT2D eigenvalue weighted by Gasteiger charge is 2.23. The first-order chi connectivity index (χ1) is 12.2. The molecule has 3 aromatic rings. The molecule has 1 aromatic heterocycles. The molecule has 2 amide bonds. The molecule has 0 saturated carbocycles. The summed E-state index contributed by atoms with van der Waals surface area (Å²) in [6, 6.07) is 13.2. The van der Waals surface area contributed by atoms with Crippen molar-refractivity contribution in [2.45, 2.75) is 5.92 Å². The number of aromatic nitrogens is 1. The summed E-state index contributed by atoms with van der Waals surface area (Å²) in [5.74, 6) is 1.14. The van der Waals surface area contributed by atoms with Crippen molar-refractivity contribution in [3.63, 3.8) is 0 Å². The molecule has 0 fully saturated rings. The van der Waals surface area contributed by atoms with Crippen molar-refractivity contribution in [1.82, 2.24) is 10.3 Å². The molecule has 0 aliphatic heterocycles. The van der Waals surface area contributed by atoms with Crippen molar-refractivity contribution in [3.05, 3.63) is 59.8 Å². The fourth-order valence-electron chi connectivity index (χ4n) is 3.16. The summed E-state index contributed by atoms with van der Waals surface area (Å²) in [5, 5.41) is 3.80. The zero-order chi connectivity index (χ0) is 17.8. The van der Waals surface area contributed by atoms with Crippen molar-refractivity contribution in [1.29, 1.82) is 0 Å². The van der Waals surface area contributed by atoms with E-state index in [1.807, 2.05) is 48.7 Å². The summed E-state index contributed by atoms with van der Waals surface area (Å²) in [6.07, 6.45) is 1.96. The van der Waals surface area contributed by atoms with Crippen LogP contribution in [0, 0.1) is 0 Å². The Morgan fingerprint density at radius 2 is 1.92 bits per heavy atom. The molecular formula is C19H21N3O3. The SMILES string of the molecule is COc1cccc(C(CNC(N)=O)c2c[nH]c3ccccc23)c1OC. The molecular weight excluding hydrogens is 318 g/mol. The highest BCUT2D eigenvalue weighted by Crippen LogP contribution is 2.39. The molecule has 0 spiro atoms. The van der Waals surface area contributed by atoms with Gasteiger partial charge in [-0.2, -0.15) is 0 Å². The van der Waals surface area contributed by atoms with Gasteiger partial charge in [-0.25, -0.2) is 4.79 Å². The maximum absolute atomic E-state index is 11.3. The summed E-state index contributed by atoms with van der Waals surface area (Å²) in [5.41, 5.74) is 8.30. The van der Waals surface area contributed by atoms with Crippen LogP contribution in [0.25, 0.3) is 10.9 Å². The average molecular weight is 339 g/mol. The number of urea groups is 1. The summed E-state index contributed by atoms with van der Waals surface area (Å²) in [7, 11) is 3.21. The number of nitrogens with one attached hydrogen (secondary N) is 2. The number of methoxy groups -OCH3 is 2. The number of carbonyl (C=O) groups is 1.